The Labute approximate surface area is 141 Å². The fourth-order valence-corrected chi connectivity index (χ4v) is 2.69. The maximum Gasteiger partial charge on any atom is 0.454 e. The van der Waals surface area contributed by atoms with Crippen LogP contribution < -0.4 is 0 Å². The van der Waals surface area contributed by atoms with Gasteiger partial charge in [0.1, 0.15) is 0 Å². The molecule has 5 heteroatoms. The van der Waals surface area contributed by atoms with Crippen molar-refractivity contribution in [3.05, 3.63) is 83.4 Å². The number of carbonyl (C=O) groups excluding carboxylic acids is 2. The van der Waals surface area contributed by atoms with E-state index >= 15 is 0 Å². The van der Waals surface area contributed by atoms with E-state index in [0.717, 1.165) is 16.8 Å². The molecule has 0 aliphatic rings. The van der Waals surface area contributed by atoms with E-state index in [-0.39, 0.29) is 17.8 Å². The highest BCUT2D eigenvalue weighted by atomic mass is 19.4. The molecule has 0 aliphatic carbocycles. The van der Waals surface area contributed by atoms with Gasteiger partial charge in [-0.3, -0.25) is 9.59 Å². The highest BCUT2D eigenvalue weighted by Gasteiger charge is 2.40. The molecule has 0 aromatic heterocycles. The predicted molar refractivity (Wildman–Crippen MR) is 88.8 cm³/mol. The number of halogens is 3. The Hall–Kier alpha value is -2.95. The summed E-state index contributed by atoms with van der Waals surface area (Å²) in [4.78, 5) is 24.0. The second-order valence-corrected chi connectivity index (χ2v) is 5.65. The van der Waals surface area contributed by atoms with Gasteiger partial charge in [0.15, 0.2) is 5.78 Å². The van der Waals surface area contributed by atoms with Crippen LogP contribution in [0.5, 0.6) is 0 Å². The molecule has 3 aromatic carbocycles. The van der Waals surface area contributed by atoms with E-state index in [1.807, 2.05) is 24.3 Å². The summed E-state index contributed by atoms with van der Waals surface area (Å²) in [6.45, 7) is 0. The quantitative estimate of drug-likeness (QED) is 0.625. The van der Waals surface area contributed by atoms with E-state index in [2.05, 4.69) is 0 Å². The lowest BCUT2D eigenvalue weighted by Crippen LogP contribution is -2.24. The number of carbonyl (C=O) groups is 2. The average Bonchev–Trinajstić information content (AvgIpc) is 2.60. The normalized spacial score (nSPS) is 11.5. The van der Waals surface area contributed by atoms with Gasteiger partial charge in [0, 0.05) is 17.5 Å². The van der Waals surface area contributed by atoms with E-state index in [4.69, 9.17) is 0 Å². The predicted octanol–water partition coefficient (Wildman–Crippen LogP) is 5.01. The molecule has 0 aliphatic heterocycles. The minimum absolute atomic E-state index is 0.0722. The fourth-order valence-electron chi connectivity index (χ4n) is 2.69. The second kappa shape index (κ2) is 6.51. The molecule has 0 radical (unpaired) electrons. The minimum Gasteiger partial charge on any atom is -0.294 e. The van der Waals surface area contributed by atoms with Crippen LogP contribution in [-0.4, -0.2) is 17.7 Å². The molecule has 0 N–H and O–H groups in total. The van der Waals surface area contributed by atoms with Crippen LogP contribution in [0.4, 0.5) is 13.2 Å². The summed E-state index contributed by atoms with van der Waals surface area (Å²) in [5, 5.41) is 1.83. The van der Waals surface area contributed by atoms with Crippen molar-refractivity contribution in [2.24, 2.45) is 0 Å². The number of rotatable bonds is 4. The summed E-state index contributed by atoms with van der Waals surface area (Å²) in [6, 6.07) is 17.9. The summed E-state index contributed by atoms with van der Waals surface area (Å²) < 4.78 is 38.1. The maximum atomic E-state index is 12.7. The molecule has 3 rings (SSSR count). The van der Waals surface area contributed by atoms with Crippen LogP contribution in [0.2, 0.25) is 0 Å². The molecule has 0 saturated carbocycles. The van der Waals surface area contributed by atoms with Gasteiger partial charge in [-0.25, -0.2) is 0 Å². The molecule has 0 heterocycles. The molecule has 0 unspecified atom stereocenters. The van der Waals surface area contributed by atoms with Gasteiger partial charge in [0.25, 0.3) is 5.78 Å². The minimum atomic E-state index is -4.97. The SMILES string of the molecule is O=C(Cc1ccccc1C(=O)C(F)(F)F)c1ccc2ccccc2c1. The van der Waals surface area contributed by atoms with E-state index in [0.29, 0.717) is 5.56 Å². The lowest BCUT2D eigenvalue weighted by Gasteiger charge is -2.10. The summed E-state index contributed by atoms with van der Waals surface area (Å²) in [5.74, 6) is -2.28. The van der Waals surface area contributed by atoms with E-state index < -0.39 is 17.5 Å². The molecule has 3 aromatic rings. The zero-order chi connectivity index (χ0) is 18.0. The van der Waals surface area contributed by atoms with Crippen molar-refractivity contribution in [1.29, 1.82) is 0 Å². The smallest absolute Gasteiger partial charge is 0.294 e. The maximum absolute atomic E-state index is 12.7. The zero-order valence-corrected chi connectivity index (χ0v) is 13.0. The third-order valence-electron chi connectivity index (χ3n) is 3.94. The first kappa shape index (κ1) is 16.9. The largest absolute Gasteiger partial charge is 0.454 e. The van der Waals surface area contributed by atoms with Crippen LogP contribution in [0.1, 0.15) is 26.3 Å². The Balaban J connectivity index is 1.91. The monoisotopic (exact) mass is 342 g/mol. The Kier molecular flexibility index (Phi) is 4.40. The second-order valence-electron chi connectivity index (χ2n) is 5.65. The van der Waals surface area contributed by atoms with Gasteiger partial charge in [-0.1, -0.05) is 60.7 Å². The third-order valence-corrected chi connectivity index (χ3v) is 3.94. The van der Waals surface area contributed by atoms with Crippen molar-refractivity contribution < 1.29 is 22.8 Å². The Bertz CT molecular complexity index is 958. The lowest BCUT2D eigenvalue weighted by atomic mass is 9.95. The third kappa shape index (κ3) is 3.60. The summed E-state index contributed by atoms with van der Waals surface area (Å²) >= 11 is 0. The Morgan fingerprint density at radius 1 is 0.800 bits per heavy atom. The van der Waals surface area contributed by atoms with Gasteiger partial charge in [-0.2, -0.15) is 13.2 Å². The van der Waals surface area contributed by atoms with Crippen molar-refractivity contribution in [1.82, 2.24) is 0 Å². The van der Waals surface area contributed by atoms with Gasteiger partial charge in [-0.15, -0.1) is 0 Å². The van der Waals surface area contributed by atoms with Crippen LogP contribution in [0.15, 0.2) is 66.7 Å². The van der Waals surface area contributed by atoms with Crippen LogP contribution >= 0.6 is 0 Å². The Morgan fingerprint density at radius 3 is 2.16 bits per heavy atom. The van der Waals surface area contributed by atoms with Crippen molar-refractivity contribution in [2.45, 2.75) is 12.6 Å². The van der Waals surface area contributed by atoms with Crippen LogP contribution in [0.25, 0.3) is 10.8 Å². The lowest BCUT2D eigenvalue weighted by molar-refractivity contribution is -0.0885. The molecular weight excluding hydrogens is 329 g/mol. The number of alkyl halides is 3. The Morgan fingerprint density at radius 2 is 1.44 bits per heavy atom. The van der Waals surface area contributed by atoms with E-state index in [1.165, 1.54) is 18.2 Å². The topological polar surface area (TPSA) is 34.1 Å². The average molecular weight is 342 g/mol. The molecule has 2 nitrogen and oxygen atoms in total. The molecule has 0 amide bonds. The summed E-state index contributed by atoms with van der Waals surface area (Å²) in [5.41, 5.74) is -0.0138. The van der Waals surface area contributed by atoms with Crippen LogP contribution in [0.3, 0.4) is 0 Å². The number of hydrogen-bond acceptors (Lipinski definition) is 2. The standard InChI is InChI=1S/C20H13F3O2/c21-20(22,23)19(25)17-8-4-3-7-15(17)12-18(24)16-10-9-13-5-1-2-6-14(13)11-16/h1-11H,12H2. The van der Waals surface area contributed by atoms with Crippen molar-refractivity contribution in [3.63, 3.8) is 0 Å². The van der Waals surface area contributed by atoms with Crippen molar-refractivity contribution >= 4 is 22.3 Å². The number of benzene rings is 3. The summed E-state index contributed by atoms with van der Waals surface area (Å²) in [7, 11) is 0. The number of hydrogen-bond donors (Lipinski definition) is 0. The highest BCUT2D eigenvalue weighted by molar-refractivity contribution is 6.05. The van der Waals surface area contributed by atoms with E-state index in [9.17, 15) is 22.8 Å². The van der Waals surface area contributed by atoms with Crippen molar-refractivity contribution in [2.75, 3.05) is 0 Å². The van der Waals surface area contributed by atoms with Crippen LogP contribution in [-0.2, 0) is 6.42 Å². The van der Waals surface area contributed by atoms with Crippen molar-refractivity contribution in [3.8, 4) is 0 Å². The first-order valence-electron chi connectivity index (χ1n) is 7.58. The van der Waals surface area contributed by atoms with Gasteiger partial charge < -0.3 is 0 Å². The number of fused-ring (bicyclic) bond motifs is 1. The summed E-state index contributed by atoms with van der Waals surface area (Å²) in [6.07, 6.45) is -5.24. The molecule has 0 fully saturated rings. The van der Waals surface area contributed by atoms with Crippen LogP contribution in [0, 0.1) is 0 Å². The first-order valence-corrected chi connectivity index (χ1v) is 7.58. The van der Waals surface area contributed by atoms with E-state index in [1.54, 1.807) is 18.2 Å². The number of ketones is 2. The first-order chi connectivity index (χ1) is 11.9. The van der Waals surface area contributed by atoms with Gasteiger partial charge in [-0.05, 0) is 22.4 Å². The fraction of sp³-hybridized carbons (Fsp3) is 0.100. The zero-order valence-electron chi connectivity index (χ0n) is 13.0. The molecular formula is C20H13F3O2. The van der Waals surface area contributed by atoms with Gasteiger partial charge in [0.2, 0.25) is 0 Å². The number of Topliss-reactive ketones (excluding diaryl/α,β-unsaturated/α-hetero) is 2. The van der Waals surface area contributed by atoms with Gasteiger partial charge >= 0.3 is 6.18 Å². The molecule has 0 spiro atoms. The molecule has 0 atom stereocenters. The van der Waals surface area contributed by atoms with Gasteiger partial charge in [0.05, 0.1) is 0 Å². The molecule has 126 valence electrons. The highest BCUT2D eigenvalue weighted by Crippen LogP contribution is 2.25. The molecule has 25 heavy (non-hydrogen) atoms. The molecule has 0 bridgehead atoms. The molecule has 0 saturated heterocycles.